The van der Waals surface area contributed by atoms with Crippen molar-refractivity contribution in [2.75, 3.05) is 37.6 Å². The maximum atomic E-state index is 12.4. The SMILES string of the molecule is CC(C)c1noc(N2CCCN(CC(F)(F)F)CC2)n1. The Hall–Kier alpha value is -1.31. The Bertz CT molecular complexity index is 433. The smallest absolute Gasteiger partial charge is 0.323 e. The lowest BCUT2D eigenvalue weighted by Crippen LogP contribution is -2.37. The van der Waals surface area contributed by atoms with Crippen LogP contribution in [0, 0.1) is 0 Å². The van der Waals surface area contributed by atoms with Crippen molar-refractivity contribution in [1.29, 1.82) is 0 Å². The van der Waals surface area contributed by atoms with Gasteiger partial charge in [-0.15, -0.1) is 0 Å². The number of hydrogen-bond donors (Lipinski definition) is 0. The maximum Gasteiger partial charge on any atom is 0.401 e. The van der Waals surface area contributed by atoms with E-state index in [2.05, 4.69) is 10.1 Å². The standard InChI is InChI=1S/C12H19F3N4O/c1-9(2)10-16-11(20-17-10)19-5-3-4-18(6-7-19)8-12(13,14)15/h9H,3-8H2,1-2H3. The molecule has 114 valence electrons. The first-order valence-corrected chi connectivity index (χ1v) is 6.73. The Morgan fingerprint density at radius 3 is 2.55 bits per heavy atom. The molecule has 2 heterocycles. The molecular weight excluding hydrogens is 273 g/mol. The zero-order chi connectivity index (χ0) is 14.8. The molecule has 0 aromatic carbocycles. The van der Waals surface area contributed by atoms with Gasteiger partial charge in [-0.25, -0.2) is 0 Å². The van der Waals surface area contributed by atoms with Crippen LogP contribution < -0.4 is 4.90 Å². The zero-order valence-electron chi connectivity index (χ0n) is 11.7. The summed E-state index contributed by atoms with van der Waals surface area (Å²) < 4.78 is 42.3. The van der Waals surface area contributed by atoms with E-state index in [9.17, 15) is 13.2 Å². The second-order valence-corrected chi connectivity index (χ2v) is 5.32. The van der Waals surface area contributed by atoms with E-state index in [1.165, 1.54) is 4.90 Å². The van der Waals surface area contributed by atoms with Crippen molar-refractivity contribution in [3.63, 3.8) is 0 Å². The highest BCUT2D eigenvalue weighted by atomic mass is 19.4. The molecule has 1 fully saturated rings. The van der Waals surface area contributed by atoms with Crippen LogP contribution in [0.15, 0.2) is 4.52 Å². The van der Waals surface area contributed by atoms with Gasteiger partial charge in [0.15, 0.2) is 5.82 Å². The van der Waals surface area contributed by atoms with Crippen molar-refractivity contribution in [3.05, 3.63) is 5.82 Å². The molecule has 0 saturated carbocycles. The molecule has 0 unspecified atom stereocenters. The van der Waals surface area contributed by atoms with Crippen molar-refractivity contribution < 1.29 is 17.7 Å². The lowest BCUT2D eigenvalue weighted by atomic mass is 10.2. The van der Waals surface area contributed by atoms with Gasteiger partial charge in [-0.3, -0.25) is 4.90 Å². The molecule has 0 aliphatic carbocycles. The van der Waals surface area contributed by atoms with Crippen molar-refractivity contribution in [1.82, 2.24) is 15.0 Å². The van der Waals surface area contributed by atoms with Gasteiger partial charge in [0.2, 0.25) is 0 Å². The molecule has 8 heteroatoms. The molecule has 20 heavy (non-hydrogen) atoms. The van der Waals surface area contributed by atoms with Crippen molar-refractivity contribution in [2.45, 2.75) is 32.4 Å². The Morgan fingerprint density at radius 1 is 1.20 bits per heavy atom. The monoisotopic (exact) mass is 292 g/mol. The van der Waals surface area contributed by atoms with Crippen LogP contribution in [0.5, 0.6) is 0 Å². The molecule has 1 aromatic rings. The average molecular weight is 292 g/mol. The van der Waals surface area contributed by atoms with Gasteiger partial charge in [-0.2, -0.15) is 18.2 Å². The first-order valence-electron chi connectivity index (χ1n) is 6.73. The molecule has 1 aliphatic heterocycles. The number of alkyl halides is 3. The van der Waals surface area contributed by atoms with E-state index < -0.39 is 12.7 Å². The first-order chi connectivity index (χ1) is 9.35. The first kappa shape index (κ1) is 15.1. The van der Waals surface area contributed by atoms with Gasteiger partial charge < -0.3 is 9.42 Å². The summed E-state index contributed by atoms with van der Waals surface area (Å²) in [7, 11) is 0. The highest BCUT2D eigenvalue weighted by Crippen LogP contribution is 2.20. The van der Waals surface area contributed by atoms with Crippen LogP contribution in [0.4, 0.5) is 19.2 Å². The quantitative estimate of drug-likeness (QED) is 0.855. The molecular formula is C12H19F3N4O. The van der Waals surface area contributed by atoms with Gasteiger partial charge in [0, 0.05) is 32.1 Å². The van der Waals surface area contributed by atoms with Crippen LogP contribution in [0.25, 0.3) is 0 Å². The van der Waals surface area contributed by atoms with Gasteiger partial charge in [0.05, 0.1) is 6.54 Å². The van der Waals surface area contributed by atoms with Crippen LogP contribution in [-0.4, -0.2) is 53.9 Å². The summed E-state index contributed by atoms with van der Waals surface area (Å²) in [5.74, 6) is 0.789. The molecule has 1 aromatic heterocycles. The van der Waals surface area contributed by atoms with Crippen LogP contribution in [0.1, 0.15) is 32.0 Å². The summed E-state index contributed by atoms with van der Waals surface area (Å²) in [6, 6.07) is 0.405. The highest BCUT2D eigenvalue weighted by Gasteiger charge is 2.31. The third-order valence-electron chi connectivity index (χ3n) is 3.21. The van der Waals surface area contributed by atoms with E-state index in [1.54, 1.807) is 0 Å². The molecule has 0 radical (unpaired) electrons. The molecule has 1 aliphatic rings. The highest BCUT2D eigenvalue weighted by molar-refractivity contribution is 5.25. The fraction of sp³-hybridized carbons (Fsp3) is 0.833. The second-order valence-electron chi connectivity index (χ2n) is 5.32. The van der Waals surface area contributed by atoms with E-state index in [0.717, 1.165) is 0 Å². The van der Waals surface area contributed by atoms with Crippen molar-refractivity contribution in [3.8, 4) is 0 Å². The van der Waals surface area contributed by atoms with E-state index in [-0.39, 0.29) is 5.92 Å². The van der Waals surface area contributed by atoms with Gasteiger partial charge >= 0.3 is 12.2 Å². The summed E-state index contributed by atoms with van der Waals surface area (Å²) in [5.41, 5.74) is 0. The predicted molar refractivity (Wildman–Crippen MR) is 67.7 cm³/mol. The number of aromatic nitrogens is 2. The number of rotatable bonds is 3. The molecule has 1 saturated heterocycles. The van der Waals surface area contributed by atoms with E-state index in [0.29, 0.717) is 44.4 Å². The third-order valence-corrected chi connectivity index (χ3v) is 3.21. The molecule has 0 atom stereocenters. The number of nitrogens with zero attached hydrogens (tertiary/aromatic N) is 4. The van der Waals surface area contributed by atoms with Crippen molar-refractivity contribution >= 4 is 6.01 Å². The Kier molecular flexibility index (Phi) is 4.52. The minimum absolute atomic E-state index is 0.168. The van der Waals surface area contributed by atoms with Crippen LogP contribution in [0.3, 0.4) is 0 Å². The summed E-state index contributed by atoms with van der Waals surface area (Å²) in [6.07, 6.45) is -3.50. The fourth-order valence-electron chi connectivity index (χ4n) is 2.16. The summed E-state index contributed by atoms with van der Waals surface area (Å²) in [5, 5.41) is 3.88. The lowest BCUT2D eigenvalue weighted by Gasteiger charge is -2.21. The molecule has 0 N–H and O–H groups in total. The minimum atomic E-state index is -4.15. The Labute approximate surface area is 115 Å². The molecule has 0 bridgehead atoms. The van der Waals surface area contributed by atoms with E-state index in [1.807, 2.05) is 18.7 Å². The van der Waals surface area contributed by atoms with Crippen LogP contribution in [-0.2, 0) is 0 Å². The second kappa shape index (κ2) is 5.99. The normalized spacial score (nSPS) is 18.6. The molecule has 0 amide bonds. The topological polar surface area (TPSA) is 45.4 Å². The van der Waals surface area contributed by atoms with E-state index in [4.69, 9.17) is 4.52 Å². The average Bonchev–Trinajstić information content (AvgIpc) is 2.71. The summed E-state index contributed by atoms with van der Waals surface area (Å²) >= 11 is 0. The minimum Gasteiger partial charge on any atom is -0.323 e. The summed E-state index contributed by atoms with van der Waals surface area (Å²) in [6.45, 7) is 4.94. The number of halogens is 3. The molecule has 5 nitrogen and oxygen atoms in total. The van der Waals surface area contributed by atoms with Crippen LogP contribution >= 0.6 is 0 Å². The molecule has 2 rings (SSSR count). The van der Waals surface area contributed by atoms with Gasteiger partial charge in [0.25, 0.3) is 0 Å². The van der Waals surface area contributed by atoms with Gasteiger partial charge in [-0.1, -0.05) is 19.0 Å². The summed E-state index contributed by atoms with van der Waals surface area (Å²) in [4.78, 5) is 7.55. The lowest BCUT2D eigenvalue weighted by molar-refractivity contribution is -0.145. The maximum absolute atomic E-state index is 12.4. The fourth-order valence-corrected chi connectivity index (χ4v) is 2.16. The zero-order valence-corrected chi connectivity index (χ0v) is 11.7. The third kappa shape index (κ3) is 4.09. The van der Waals surface area contributed by atoms with Crippen molar-refractivity contribution in [2.24, 2.45) is 0 Å². The Morgan fingerprint density at radius 2 is 1.95 bits per heavy atom. The van der Waals surface area contributed by atoms with Gasteiger partial charge in [-0.05, 0) is 6.42 Å². The van der Waals surface area contributed by atoms with Crippen LogP contribution in [0.2, 0.25) is 0 Å². The van der Waals surface area contributed by atoms with E-state index >= 15 is 0 Å². The number of hydrogen-bond acceptors (Lipinski definition) is 5. The van der Waals surface area contributed by atoms with Gasteiger partial charge in [0.1, 0.15) is 0 Å². The Balaban J connectivity index is 1.95. The largest absolute Gasteiger partial charge is 0.401 e. The predicted octanol–water partition coefficient (Wildman–Crippen LogP) is 2.27. The number of anilines is 1. The molecule has 0 spiro atoms.